The maximum Gasteiger partial charge on any atom is 0.226 e. The summed E-state index contributed by atoms with van der Waals surface area (Å²) in [5.74, 6) is -0.206. The summed E-state index contributed by atoms with van der Waals surface area (Å²) in [6, 6.07) is 17.6. The average Bonchev–Trinajstić information content (AvgIpc) is 3.33. The number of anilines is 1. The van der Waals surface area contributed by atoms with Crippen LogP contribution in [0.5, 0.6) is 0 Å². The van der Waals surface area contributed by atoms with E-state index in [0.29, 0.717) is 11.6 Å². The van der Waals surface area contributed by atoms with Crippen LogP contribution >= 0.6 is 11.3 Å². The zero-order valence-electron chi connectivity index (χ0n) is 16.9. The summed E-state index contributed by atoms with van der Waals surface area (Å²) in [5.41, 5.74) is 4.41. The molecule has 1 amide bonds. The van der Waals surface area contributed by atoms with E-state index >= 15 is 0 Å². The number of aromatic nitrogens is 1. The molecule has 0 atom stereocenters. The third kappa shape index (κ3) is 4.20. The largest absolute Gasteiger partial charge is 0.302 e. The van der Waals surface area contributed by atoms with Crippen molar-refractivity contribution < 1.29 is 13.2 Å². The molecule has 1 aromatic heterocycles. The van der Waals surface area contributed by atoms with Gasteiger partial charge < -0.3 is 5.32 Å². The normalized spacial score (nSPS) is 13.2. The topological polar surface area (TPSA) is 76.1 Å². The van der Waals surface area contributed by atoms with Crippen molar-refractivity contribution in [3.63, 3.8) is 0 Å². The van der Waals surface area contributed by atoms with Crippen molar-refractivity contribution in [3.8, 4) is 0 Å². The number of thiazole rings is 1. The van der Waals surface area contributed by atoms with Gasteiger partial charge in [0.05, 0.1) is 21.7 Å². The molecule has 0 saturated carbocycles. The van der Waals surface area contributed by atoms with Crippen molar-refractivity contribution in [3.05, 3.63) is 71.3 Å². The van der Waals surface area contributed by atoms with Gasteiger partial charge in [-0.15, -0.1) is 0 Å². The Labute approximate surface area is 185 Å². The second-order valence-electron chi connectivity index (χ2n) is 7.97. The standard InChI is InChI=1S/C24H22N2O3S2/c27-21(10-5-13-31(28,29)15-16-6-2-1-3-7-16)25-24-26-23-19-9-4-8-17-11-12-18(22(17)19)14-20(23)30-24/h1-4,6-9,14H,5,10-13,15H2,(H,25,26,27). The lowest BCUT2D eigenvalue weighted by molar-refractivity contribution is -0.116. The van der Waals surface area contributed by atoms with Crippen LogP contribution in [0.2, 0.25) is 0 Å². The first kappa shape index (κ1) is 20.2. The third-order valence-corrected chi connectivity index (χ3v) is 8.29. The number of nitrogens with zero attached hydrogens (tertiary/aromatic N) is 1. The van der Waals surface area contributed by atoms with E-state index in [1.807, 2.05) is 18.2 Å². The maximum absolute atomic E-state index is 12.4. The number of aryl methyl sites for hydroxylation is 2. The van der Waals surface area contributed by atoms with Crippen LogP contribution in [0, 0.1) is 0 Å². The number of nitrogens with one attached hydrogen (secondary N) is 1. The summed E-state index contributed by atoms with van der Waals surface area (Å²) in [6.45, 7) is 0. The minimum absolute atomic E-state index is 0.00469. The molecule has 0 saturated heterocycles. The summed E-state index contributed by atoms with van der Waals surface area (Å²) in [6.07, 6.45) is 2.56. The SMILES string of the molecule is O=C(CCCS(=O)(=O)Cc1ccccc1)Nc1nc2c(cc3c4c(cccc42)CC3)s1. The molecule has 158 valence electrons. The van der Waals surface area contributed by atoms with Gasteiger partial charge >= 0.3 is 0 Å². The third-order valence-electron chi connectivity index (χ3n) is 5.68. The predicted octanol–water partition coefficient (Wildman–Crippen LogP) is 4.88. The Bertz CT molecular complexity index is 1390. The van der Waals surface area contributed by atoms with Crippen LogP contribution in [-0.2, 0) is 33.2 Å². The smallest absolute Gasteiger partial charge is 0.226 e. The van der Waals surface area contributed by atoms with Crippen LogP contribution in [0.3, 0.4) is 0 Å². The fourth-order valence-corrected chi connectivity index (χ4v) is 6.69. The molecule has 0 spiro atoms. The highest BCUT2D eigenvalue weighted by atomic mass is 32.2. The molecule has 31 heavy (non-hydrogen) atoms. The molecule has 0 fully saturated rings. The lowest BCUT2D eigenvalue weighted by atomic mass is 10.0. The van der Waals surface area contributed by atoms with Crippen LogP contribution in [0.1, 0.15) is 29.5 Å². The Balaban J connectivity index is 1.24. The Morgan fingerprint density at radius 1 is 1.03 bits per heavy atom. The Kier molecular flexibility index (Phi) is 5.24. The number of sulfone groups is 1. The van der Waals surface area contributed by atoms with Crippen molar-refractivity contribution in [2.75, 3.05) is 11.1 Å². The highest BCUT2D eigenvalue weighted by Crippen LogP contribution is 2.39. The summed E-state index contributed by atoms with van der Waals surface area (Å²) >= 11 is 1.47. The van der Waals surface area contributed by atoms with Gasteiger partial charge in [-0.1, -0.05) is 59.9 Å². The van der Waals surface area contributed by atoms with Gasteiger partial charge in [0, 0.05) is 11.8 Å². The molecule has 4 aromatic rings. The summed E-state index contributed by atoms with van der Waals surface area (Å²) in [4.78, 5) is 17.1. The fourth-order valence-electron chi connectivity index (χ4n) is 4.29. The zero-order chi connectivity index (χ0) is 21.4. The molecule has 7 heteroatoms. The van der Waals surface area contributed by atoms with Gasteiger partial charge in [-0.05, 0) is 47.4 Å². The summed E-state index contributed by atoms with van der Waals surface area (Å²) in [5, 5.41) is 5.88. The predicted molar refractivity (Wildman–Crippen MR) is 126 cm³/mol. The molecule has 0 unspecified atom stereocenters. The first-order valence-corrected chi connectivity index (χ1v) is 13.0. The molecule has 5 rings (SSSR count). The number of hydrogen-bond acceptors (Lipinski definition) is 5. The number of benzene rings is 3. The lowest BCUT2D eigenvalue weighted by Crippen LogP contribution is -2.15. The number of carbonyl (C=O) groups is 1. The molecular formula is C24H22N2O3S2. The number of fused-ring (bicyclic) bond motifs is 2. The van der Waals surface area contributed by atoms with Crippen LogP contribution in [-0.4, -0.2) is 25.1 Å². The maximum atomic E-state index is 12.4. The quantitative estimate of drug-likeness (QED) is 0.435. The average molecular weight is 451 g/mol. The minimum Gasteiger partial charge on any atom is -0.302 e. The molecule has 3 aromatic carbocycles. The molecule has 1 aliphatic rings. The first-order chi connectivity index (χ1) is 15.0. The van der Waals surface area contributed by atoms with E-state index in [4.69, 9.17) is 0 Å². The molecule has 0 radical (unpaired) electrons. The van der Waals surface area contributed by atoms with Gasteiger partial charge in [0.15, 0.2) is 15.0 Å². The van der Waals surface area contributed by atoms with Gasteiger partial charge in [0.2, 0.25) is 5.91 Å². The fraction of sp³-hybridized carbons (Fsp3) is 0.250. The monoisotopic (exact) mass is 450 g/mol. The van der Waals surface area contributed by atoms with E-state index in [9.17, 15) is 13.2 Å². The van der Waals surface area contributed by atoms with E-state index in [2.05, 4.69) is 34.6 Å². The molecule has 1 aliphatic carbocycles. The van der Waals surface area contributed by atoms with Gasteiger partial charge in [-0.3, -0.25) is 4.79 Å². The Morgan fingerprint density at radius 2 is 1.84 bits per heavy atom. The van der Waals surface area contributed by atoms with Gasteiger partial charge in [-0.25, -0.2) is 13.4 Å². The molecule has 0 bridgehead atoms. The number of rotatable bonds is 7. The van der Waals surface area contributed by atoms with E-state index in [-0.39, 0.29) is 23.8 Å². The summed E-state index contributed by atoms with van der Waals surface area (Å²) in [7, 11) is -3.24. The van der Waals surface area contributed by atoms with E-state index in [1.54, 1.807) is 12.1 Å². The van der Waals surface area contributed by atoms with Crippen LogP contribution < -0.4 is 5.32 Å². The second-order valence-corrected chi connectivity index (χ2v) is 11.2. The highest BCUT2D eigenvalue weighted by Gasteiger charge is 2.19. The number of hydrogen-bond donors (Lipinski definition) is 1. The number of amides is 1. The second kappa shape index (κ2) is 8.05. The van der Waals surface area contributed by atoms with Gasteiger partial charge in [0.1, 0.15) is 0 Å². The molecule has 5 nitrogen and oxygen atoms in total. The van der Waals surface area contributed by atoms with E-state index in [0.717, 1.165) is 34.0 Å². The molecule has 1 N–H and O–H groups in total. The zero-order valence-corrected chi connectivity index (χ0v) is 18.6. The lowest BCUT2D eigenvalue weighted by Gasteiger charge is -2.05. The van der Waals surface area contributed by atoms with Gasteiger partial charge in [0.25, 0.3) is 0 Å². The first-order valence-electron chi connectivity index (χ1n) is 10.4. The highest BCUT2D eigenvalue weighted by molar-refractivity contribution is 7.90. The Morgan fingerprint density at radius 3 is 2.68 bits per heavy atom. The van der Waals surface area contributed by atoms with Crippen molar-refractivity contribution in [1.82, 2.24) is 4.98 Å². The van der Waals surface area contributed by atoms with Gasteiger partial charge in [-0.2, -0.15) is 0 Å². The van der Waals surface area contributed by atoms with Crippen LogP contribution in [0.25, 0.3) is 21.0 Å². The van der Waals surface area contributed by atoms with Crippen molar-refractivity contribution >= 4 is 53.2 Å². The molecule has 1 heterocycles. The van der Waals surface area contributed by atoms with E-state index in [1.165, 1.54) is 27.8 Å². The minimum atomic E-state index is -3.24. The number of carbonyl (C=O) groups excluding carboxylic acids is 1. The van der Waals surface area contributed by atoms with E-state index < -0.39 is 9.84 Å². The molecular weight excluding hydrogens is 428 g/mol. The molecule has 0 aliphatic heterocycles. The van der Waals surface area contributed by atoms with Crippen molar-refractivity contribution in [2.24, 2.45) is 0 Å². The van der Waals surface area contributed by atoms with Crippen molar-refractivity contribution in [2.45, 2.75) is 31.4 Å². The van der Waals surface area contributed by atoms with Crippen LogP contribution in [0.4, 0.5) is 5.13 Å². The summed E-state index contributed by atoms with van der Waals surface area (Å²) < 4.78 is 25.7. The van der Waals surface area contributed by atoms with Crippen LogP contribution in [0.15, 0.2) is 54.6 Å². The van der Waals surface area contributed by atoms with Crippen molar-refractivity contribution in [1.29, 1.82) is 0 Å². The Hall–Kier alpha value is -2.77.